The molecule has 0 aromatic carbocycles. The van der Waals surface area contributed by atoms with Crippen LogP contribution < -0.4 is 5.32 Å². The van der Waals surface area contributed by atoms with Gasteiger partial charge in [-0.25, -0.2) is 22.2 Å². The molecule has 0 aliphatic rings. The van der Waals surface area contributed by atoms with E-state index in [1.54, 1.807) is 0 Å². The number of carbonyl (C=O) groups excluding carboxylic acids is 1. The van der Waals surface area contributed by atoms with Crippen LogP contribution in [0, 0.1) is 0 Å². The van der Waals surface area contributed by atoms with Gasteiger partial charge in [0.2, 0.25) is 5.91 Å². The van der Waals surface area contributed by atoms with Crippen LogP contribution in [0.4, 0.5) is 23.2 Å². The highest BCUT2D eigenvalue weighted by Crippen LogP contribution is 2.27. The SMILES string of the molecule is CCOCn1cc(NC(=O)C(C)n2nc(C(F)F)cc2C(F)F)cn1. The van der Waals surface area contributed by atoms with Crippen molar-refractivity contribution in [2.75, 3.05) is 11.9 Å². The lowest BCUT2D eigenvalue weighted by Gasteiger charge is -2.14. The van der Waals surface area contributed by atoms with E-state index in [4.69, 9.17) is 4.74 Å². The molecule has 1 atom stereocenters. The van der Waals surface area contributed by atoms with E-state index in [0.29, 0.717) is 23.0 Å². The number of amides is 1. The molecule has 25 heavy (non-hydrogen) atoms. The van der Waals surface area contributed by atoms with Crippen molar-refractivity contribution in [3.63, 3.8) is 0 Å². The van der Waals surface area contributed by atoms with E-state index >= 15 is 0 Å². The first-order valence-corrected chi connectivity index (χ1v) is 7.40. The molecule has 2 aromatic rings. The molecule has 2 aromatic heterocycles. The van der Waals surface area contributed by atoms with Crippen molar-refractivity contribution >= 4 is 11.6 Å². The molecule has 1 unspecified atom stereocenters. The lowest BCUT2D eigenvalue weighted by molar-refractivity contribution is -0.119. The van der Waals surface area contributed by atoms with Gasteiger partial charge in [0.25, 0.3) is 12.9 Å². The Bertz CT molecular complexity index is 716. The number of alkyl halides is 4. The Kier molecular flexibility index (Phi) is 6.12. The summed E-state index contributed by atoms with van der Waals surface area (Å²) < 4.78 is 58.6. The molecule has 0 aliphatic carbocycles. The molecule has 2 heterocycles. The zero-order chi connectivity index (χ0) is 18.6. The first-order valence-electron chi connectivity index (χ1n) is 7.40. The summed E-state index contributed by atoms with van der Waals surface area (Å²) in [6.07, 6.45) is -3.21. The average molecular weight is 363 g/mol. The number of nitrogens with one attached hydrogen (secondary N) is 1. The van der Waals surface area contributed by atoms with Gasteiger partial charge < -0.3 is 10.1 Å². The fraction of sp³-hybridized carbons (Fsp3) is 0.500. The van der Waals surface area contributed by atoms with Crippen LogP contribution >= 0.6 is 0 Å². The molecule has 0 saturated heterocycles. The van der Waals surface area contributed by atoms with Gasteiger partial charge in [-0.05, 0) is 19.9 Å². The number of aromatic nitrogens is 4. The summed E-state index contributed by atoms with van der Waals surface area (Å²) in [5.41, 5.74) is -1.24. The summed E-state index contributed by atoms with van der Waals surface area (Å²) in [6.45, 7) is 3.77. The third-order valence-corrected chi connectivity index (χ3v) is 3.31. The van der Waals surface area contributed by atoms with E-state index in [9.17, 15) is 22.4 Å². The van der Waals surface area contributed by atoms with Crippen LogP contribution in [-0.2, 0) is 16.3 Å². The van der Waals surface area contributed by atoms with E-state index in [1.807, 2.05) is 6.92 Å². The van der Waals surface area contributed by atoms with Gasteiger partial charge in [-0.15, -0.1) is 0 Å². The predicted molar refractivity (Wildman–Crippen MR) is 79.3 cm³/mol. The Morgan fingerprint density at radius 2 is 2.04 bits per heavy atom. The second-order valence-corrected chi connectivity index (χ2v) is 5.10. The largest absolute Gasteiger partial charge is 0.360 e. The minimum Gasteiger partial charge on any atom is -0.360 e. The summed E-state index contributed by atoms with van der Waals surface area (Å²) in [6, 6.07) is -0.620. The molecule has 11 heteroatoms. The monoisotopic (exact) mass is 363 g/mol. The molecule has 0 radical (unpaired) electrons. The van der Waals surface area contributed by atoms with Crippen LogP contribution in [0.1, 0.15) is 44.1 Å². The van der Waals surface area contributed by atoms with Crippen LogP contribution in [0.25, 0.3) is 0 Å². The Labute approximate surface area is 140 Å². The first kappa shape index (κ1) is 18.9. The number of halogens is 4. The third kappa shape index (κ3) is 4.56. The van der Waals surface area contributed by atoms with Crippen molar-refractivity contribution in [2.45, 2.75) is 39.5 Å². The van der Waals surface area contributed by atoms with Crippen LogP contribution in [0.15, 0.2) is 18.5 Å². The van der Waals surface area contributed by atoms with E-state index in [2.05, 4.69) is 15.5 Å². The second-order valence-electron chi connectivity index (χ2n) is 5.10. The minimum absolute atomic E-state index is 0.189. The summed E-state index contributed by atoms with van der Waals surface area (Å²) >= 11 is 0. The molecule has 1 N–H and O–H groups in total. The highest BCUT2D eigenvalue weighted by molar-refractivity contribution is 5.93. The molecular formula is C14H17F4N5O2. The molecule has 0 bridgehead atoms. The molecule has 0 saturated carbocycles. The second kappa shape index (κ2) is 8.10. The van der Waals surface area contributed by atoms with Crippen molar-refractivity contribution in [3.8, 4) is 0 Å². The maximum Gasteiger partial charge on any atom is 0.282 e. The van der Waals surface area contributed by atoms with Crippen molar-refractivity contribution in [2.24, 2.45) is 0 Å². The van der Waals surface area contributed by atoms with Crippen molar-refractivity contribution in [1.82, 2.24) is 19.6 Å². The minimum atomic E-state index is -3.04. The number of nitrogens with zero attached hydrogens (tertiary/aromatic N) is 4. The van der Waals surface area contributed by atoms with Crippen LogP contribution in [0.3, 0.4) is 0 Å². The number of hydrogen-bond donors (Lipinski definition) is 1. The summed E-state index contributed by atoms with van der Waals surface area (Å²) in [5, 5.41) is 9.84. The average Bonchev–Trinajstić information content (AvgIpc) is 3.19. The van der Waals surface area contributed by atoms with Crippen LogP contribution in [0.2, 0.25) is 0 Å². The Hall–Kier alpha value is -2.43. The normalized spacial score (nSPS) is 12.8. The summed E-state index contributed by atoms with van der Waals surface area (Å²) in [5.74, 6) is -0.693. The van der Waals surface area contributed by atoms with Crippen LogP contribution in [0.5, 0.6) is 0 Å². The first-order chi connectivity index (χ1) is 11.8. The number of ether oxygens (including phenoxy) is 1. The molecule has 7 nitrogen and oxygen atoms in total. The summed E-state index contributed by atoms with van der Waals surface area (Å²) in [4.78, 5) is 12.2. The van der Waals surface area contributed by atoms with Gasteiger partial charge in [-0.2, -0.15) is 10.2 Å². The van der Waals surface area contributed by atoms with Crippen LogP contribution in [-0.4, -0.2) is 32.1 Å². The van der Waals surface area contributed by atoms with Crippen molar-refractivity contribution in [1.29, 1.82) is 0 Å². The zero-order valence-corrected chi connectivity index (χ0v) is 13.5. The summed E-state index contributed by atoms with van der Waals surface area (Å²) in [7, 11) is 0. The van der Waals surface area contributed by atoms with Gasteiger partial charge in [0, 0.05) is 6.61 Å². The molecule has 0 fully saturated rings. The van der Waals surface area contributed by atoms with Crippen molar-refractivity contribution in [3.05, 3.63) is 29.8 Å². The Morgan fingerprint density at radius 1 is 1.32 bits per heavy atom. The quantitative estimate of drug-likeness (QED) is 0.731. The van der Waals surface area contributed by atoms with Crippen molar-refractivity contribution < 1.29 is 27.1 Å². The van der Waals surface area contributed by atoms with Gasteiger partial charge in [0.15, 0.2) is 0 Å². The highest BCUT2D eigenvalue weighted by atomic mass is 19.3. The molecule has 0 spiro atoms. The van der Waals surface area contributed by atoms with E-state index in [1.165, 1.54) is 24.0 Å². The maximum absolute atomic E-state index is 13.0. The van der Waals surface area contributed by atoms with Gasteiger partial charge in [0.05, 0.1) is 18.1 Å². The molecule has 2 rings (SSSR count). The standard InChI is InChI=1S/C14H17F4N5O2/c1-3-25-7-22-6-9(5-19-22)20-14(24)8(2)23-11(13(17)18)4-10(21-23)12(15)16/h4-6,8,12-13H,3,7H2,1-2H3,(H,20,24). The van der Waals surface area contributed by atoms with E-state index < -0.39 is 36.2 Å². The number of carbonyl (C=O) groups is 1. The van der Waals surface area contributed by atoms with E-state index in [-0.39, 0.29) is 6.73 Å². The van der Waals surface area contributed by atoms with E-state index in [0.717, 1.165) is 0 Å². The van der Waals surface area contributed by atoms with Gasteiger partial charge in [-0.1, -0.05) is 0 Å². The van der Waals surface area contributed by atoms with Gasteiger partial charge in [0.1, 0.15) is 24.2 Å². The molecule has 1 amide bonds. The lowest BCUT2D eigenvalue weighted by Crippen LogP contribution is -2.26. The number of rotatable bonds is 8. The number of hydrogen-bond acceptors (Lipinski definition) is 4. The Morgan fingerprint density at radius 3 is 2.64 bits per heavy atom. The fourth-order valence-corrected chi connectivity index (χ4v) is 2.05. The Balaban J connectivity index is 2.12. The topological polar surface area (TPSA) is 74.0 Å². The van der Waals surface area contributed by atoms with Gasteiger partial charge in [-0.3, -0.25) is 9.48 Å². The third-order valence-electron chi connectivity index (χ3n) is 3.31. The smallest absolute Gasteiger partial charge is 0.282 e. The molecular weight excluding hydrogens is 346 g/mol. The molecule has 0 aliphatic heterocycles. The number of anilines is 1. The fourth-order valence-electron chi connectivity index (χ4n) is 2.05. The lowest BCUT2D eigenvalue weighted by atomic mass is 10.3. The van der Waals surface area contributed by atoms with Gasteiger partial charge >= 0.3 is 0 Å². The zero-order valence-electron chi connectivity index (χ0n) is 13.5. The maximum atomic E-state index is 13.0. The predicted octanol–water partition coefficient (Wildman–Crippen LogP) is 3.15. The molecule has 138 valence electrons. The highest BCUT2D eigenvalue weighted by Gasteiger charge is 2.27.